The molecule has 2 aromatic carbocycles. The number of nitrogens with zero attached hydrogens (tertiary/aromatic N) is 3. The molecule has 1 atom stereocenters. The van der Waals surface area contributed by atoms with Gasteiger partial charge in [0.1, 0.15) is 11.6 Å². The molecule has 38 heavy (non-hydrogen) atoms. The Morgan fingerprint density at radius 3 is 2.76 bits per heavy atom. The third kappa shape index (κ3) is 6.50. The predicted octanol–water partition coefficient (Wildman–Crippen LogP) is 2.49. The average molecular weight is 515 g/mol. The summed E-state index contributed by atoms with van der Waals surface area (Å²) in [5.41, 5.74) is 2.66. The second kappa shape index (κ2) is 12.0. The van der Waals surface area contributed by atoms with Crippen LogP contribution in [0.5, 0.6) is 0 Å². The van der Waals surface area contributed by atoms with Crippen molar-refractivity contribution in [1.82, 2.24) is 20.5 Å². The minimum atomic E-state index is -0.428. The van der Waals surface area contributed by atoms with Gasteiger partial charge in [-0.05, 0) is 42.3 Å². The fourth-order valence-corrected chi connectivity index (χ4v) is 4.24. The van der Waals surface area contributed by atoms with E-state index in [1.54, 1.807) is 42.5 Å². The maximum Gasteiger partial charge on any atom is 0.255 e. The second-order valence-electron chi connectivity index (χ2n) is 8.93. The molecule has 9 nitrogen and oxygen atoms in total. The number of halogens is 1. The molecule has 4 rings (SSSR count). The van der Waals surface area contributed by atoms with E-state index in [9.17, 15) is 24.0 Å². The minimum absolute atomic E-state index is 0.00524. The van der Waals surface area contributed by atoms with E-state index in [1.165, 1.54) is 24.0 Å². The van der Waals surface area contributed by atoms with E-state index in [2.05, 4.69) is 27.0 Å². The summed E-state index contributed by atoms with van der Waals surface area (Å²) in [7, 11) is 0. The highest BCUT2D eigenvalue weighted by molar-refractivity contribution is 5.99. The Morgan fingerprint density at radius 1 is 1.18 bits per heavy atom. The lowest BCUT2D eigenvalue weighted by atomic mass is 10.0. The van der Waals surface area contributed by atoms with Crippen LogP contribution in [-0.4, -0.2) is 59.8 Å². The van der Waals surface area contributed by atoms with Gasteiger partial charge in [0.05, 0.1) is 35.5 Å². The van der Waals surface area contributed by atoms with Gasteiger partial charge in [0, 0.05) is 32.1 Å². The van der Waals surface area contributed by atoms with E-state index in [0.29, 0.717) is 42.1 Å². The van der Waals surface area contributed by atoms with Crippen molar-refractivity contribution in [2.75, 3.05) is 31.5 Å². The highest BCUT2D eigenvalue weighted by atomic mass is 19.1. The van der Waals surface area contributed by atoms with Crippen molar-refractivity contribution in [3.8, 4) is 17.3 Å². The minimum Gasteiger partial charge on any atom is -0.369 e. The second-order valence-corrected chi connectivity index (χ2v) is 8.93. The van der Waals surface area contributed by atoms with Gasteiger partial charge in [-0.1, -0.05) is 30.3 Å². The number of amides is 3. The number of nitrogens with one attached hydrogen (secondary N) is 3. The molecule has 0 aliphatic carbocycles. The molecule has 2 heterocycles. The van der Waals surface area contributed by atoms with Crippen molar-refractivity contribution in [3.63, 3.8) is 0 Å². The summed E-state index contributed by atoms with van der Waals surface area (Å²) in [5, 5.41) is 18.3. The number of carbonyl (C=O) groups is 3. The number of anilines is 1. The number of hydrogen-bond donors (Lipinski definition) is 3. The molecule has 3 amide bonds. The first-order chi connectivity index (χ1) is 18.3. The molecule has 0 bridgehead atoms. The Morgan fingerprint density at radius 2 is 2.00 bits per heavy atom. The number of pyridine rings is 1. The summed E-state index contributed by atoms with van der Waals surface area (Å²) in [4.78, 5) is 42.9. The number of aromatic nitrogens is 1. The highest BCUT2D eigenvalue weighted by Gasteiger charge is 2.26. The normalized spacial score (nSPS) is 14.8. The molecule has 0 saturated carbocycles. The molecule has 0 unspecified atom stereocenters. The number of piperazine rings is 1. The molecule has 1 aromatic heterocycles. The molecular formula is C28H27FN6O3. The van der Waals surface area contributed by atoms with Gasteiger partial charge in [0.25, 0.3) is 5.91 Å². The monoisotopic (exact) mass is 514 g/mol. The summed E-state index contributed by atoms with van der Waals surface area (Å²) in [6.45, 7) is 2.19. The van der Waals surface area contributed by atoms with Gasteiger partial charge in [-0.2, -0.15) is 5.26 Å². The standard InChI is InChI=1S/C28H27FN6O3/c1-18(36)35-16-22(33-26(37)17-35)15-32-28(38)24-9-10-25(23-8-3-2-6-20(23)14-30)34-27(24)31-12-11-19-5-4-7-21(29)13-19/h2-10,13,22H,11-12,15-17H2,1H3,(H,31,34)(H,32,38)(H,33,37)/t22-/m0/s1. The van der Waals surface area contributed by atoms with Crippen molar-refractivity contribution in [2.24, 2.45) is 0 Å². The molecule has 1 aliphatic rings. The van der Waals surface area contributed by atoms with Gasteiger partial charge >= 0.3 is 0 Å². The van der Waals surface area contributed by atoms with E-state index < -0.39 is 11.9 Å². The van der Waals surface area contributed by atoms with Crippen LogP contribution < -0.4 is 16.0 Å². The van der Waals surface area contributed by atoms with Crippen molar-refractivity contribution in [2.45, 2.75) is 19.4 Å². The van der Waals surface area contributed by atoms with Crippen LogP contribution in [0.3, 0.4) is 0 Å². The van der Waals surface area contributed by atoms with E-state index in [-0.39, 0.29) is 36.3 Å². The number of hydrogen-bond acceptors (Lipinski definition) is 6. The number of nitriles is 1. The van der Waals surface area contributed by atoms with Crippen LogP contribution in [-0.2, 0) is 16.0 Å². The molecular weight excluding hydrogens is 487 g/mol. The first-order valence-corrected chi connectivity index (χ1v) is 12.2. The lowest BCUT2D eigenvalue weighted by Crippen LogP contribution is -2.58. The van der Waals surface area contributed by atoms with E-state index in [1.807, 2.05) is 6.07 Å². The van der Waals surface area contributed by atoms with Crippen LogP contribution in [0, 0.1) is 17.1 Å². The first kappa shape index (κ1) is 26.3. The smallest absolute Gasteiger partial charge is 0.255 e. The van der Waals surface area contributed by atoms with Gasteiger partial charge in [-0.15, -0.1) is 0 Å². The number of benzene rings is 2. The molecule has 1 fully saturated rings. The largest absolute Gasteiger partial charge is 0.369 e. The van der Waals surface area contributed by atoms with Crippen molar-refractivity contribution >= 4 is 23.5 Å². The summed E-state index contributed by atoms with van der Waals surface area (Å²) >= 11 is 0. The van der Waals surface area contributed by atoms with Crippen LogP contribution in [0.25, 0.3) is 11.3 Å². The maximum atomic E-state index is 13.6. The zero-order valence-electron chi connectivity index (χ0n) is 20.8. The third-order valence-electron chi connectivity index (χ3n) is 6.15. The topological polar surface area (TPSA) is 127 Å². The van der Waals surface area contributed by atoms with Gasteiger partial charge < -0.3 is 20.9 Å². The first-order valence-electron chi connectivity index (χ1n) is 12.2. The van der Waals surface area contributed by atoms with Gasteiger partial charge in [-0.3, -0.25) is 14.4 Å². The molecule has 10 heteroatoms. The maximum absolute atomic E-state index is 13.6. The van der Waals surface area contributed by atoms with E-state index in [4.69, 9.17) is 0 Å². The molecule has 3 N–H and O–H groups in total. The lowest BCUT2D eigenvalue weighted by Gasteiger charge is -2.32. The molecule has 0 radical (unpaired) electrons. The summed E-state index contributed by atoms with van der Waals surface area (Å²) < 4.78 is 13.6. The summed E-state index contributed by atoms with van der Waals surface area (Å²) in [6, 6.07) is 18.3. The van der Waals surface area contributed by atoms with Crippen molar-refractivity contribution < 1.29 is 18.8 Å². The van der Waals surface area contributed by atoms with E-state index in [0.717, 1.165) is 5.56 Å². The van der Waals surface area contributed by atoms with Crippen molar-refractivity contribution in [1.29, 1.82) is 5.26 Å². The van der Waals surface area contributed by atoms with Gasteiger partial charge in [0.15, 0.2) is 0 Å². The van der Waals surface area contributed by atoms with Gasteiger partial charge in [-0.25, -0.2) is 9.37 Å². The molecule has 0 spiro atoms. The Hall–Kier alpha value is -4.78. The Labute approximate surface area is 219 Å². The fourth-order valence-electron chi connectivity index (χ4n) is 4.24. The van der Waals surface area contributed by atoms with Crippen LogP contribution in [0.2, 0.25) is 0 Å². The molecule has 3 aromatic rings. The number of carbonyl (C=O) groups excluding carboxylic acids is 3. The molecule has 194 valence electrons. The SMILES string of the molecule is CC(=O)N1CC(=O)N[C@@H](CNC(=O)c2ccc(-c3ccccc3C#N)nc2NCCc2cccc(F)c2)C1. The zero-order chi connectivity index (χ0) is 27.1. The Balaban J connectivity index is 1.53. The van der Waals surface area contributed by atoms with Crippen LogP contribution >= 0.6 is 0 Å². The third-order valence-corrected chi connectivity index (χ3v) is 6.15. The highest BCUT2D eigenvalue weighted by Crippen LogP contribution is 2.25. The van der Waals surface area contributed by atoms with Gasteiger partial charge in [0.2, 0.25) is 11.8 Å². The summed E-state index contributed by atoms with van der Waals surface area (Å²) in [6.07, 6.45) is 0.495. The summed E-state index contributed by atoms with van der Waals surface area (Å²) in [5.74, 6) is -0.929. The van der Waals surface area contributed by atoms with E-state index >= 15 is 0 Å². The lowest BCUT2D eigenvalue weighted by molar-refractivity contribution is -0.137. The zero-order valence-corrected chi connectivity index (χ0v) is 20.8. The quantitative estimate of drug-likeness (QED) is 0.424. The average Bonchev–Trinajstić information content (AvgIpc) is 2.91. The molecule has 1 aliphatic heterocycles. The van der Waals surface area contributed by atoms with Crippen LogP contribution in [0.15, 0.2) is 60.7 Å². The fraction of sp³-hybridized carbons (Fsp3) is 0.250. The Kier molecular flexibility index (Phi) is 8.28. The van der Waals surface area contributed by atoms with Crippen molar-refractivity contribution in [3.05, 3.63) is 83.2 Å². The Bertz CT molecular complexity index is 1400. The predicted molar refractivity (Wildman–Crippen MR) is 139 cm³/mol. The van der Waals surface area contributed by atoms with Crippen LogP contribution in [0.4, 0.5) is 10.2 Å². The van der Waals surface area contributed by atoms with Crippen LogP contribution in [0.1, 0.15) is 28.4 Å². The number of rotatable bonds is 8. The molecule has 1 saturated heterocycles.